The van der Waals surface area contributed by atoms with Crippen molar-refractivity contribution in [1.82, 2.24) is 5.32 Å². The minimum Gasteiger partial charge on any atom is -0.449 e. The van der Waals surface area contributed by atoms with Crippen LogP contribution < -0.4 is 10.6 Å². The molecule has 1 saturated carbocycles. The normalized spacial score (nSPS) is 22.4. The molecule has 2 heterocycles. The zero-order valence-electron chi connectivity index (χ0n) is 18.2. The summed E-state index contributed by atoms with van der Waals surface area (Å²) in [5.41, 5.74) is 1.55. The van der Waals surface area contributed by atoms with E-state index in [2.05, 4.69) is 16.7 Å². The highest BCUT2D eigenvalue weighted by atomic mass is 32.1. The topological polar surface area (TPSA) is 111 Å². The molecule has 2 aliphatic carbocycles. The minimum absolute atomic E-state index is 0.0642. The Hall–Kier alpha value is -2.67. The third kappa shape index (κ3) is 6.22. The van der Waals surface area contributed by atoms with Crippen LogP contribution in [-0.2, 0) is 22.4 Å². The second kappa shape index (κ2) is 11.0. The number of alkyl carbamates (subject to hydrolysis) is 1. The van der Waals surface area contributed by atoms with Gasteiger partial charge < -0.3 is 20.5 Å². The van der Waals surface area contributed by atoms with E-state index in [1.165, 1.54) is 17.4 Å². The Bertz CT molecular complexity index is 1050. The number of hydrogen-bond donors (Lipinski definition) is 3. The molecule has 3 N–H and O–H groups in total. The molecule has 9 heteroatoms. The van der Waals surface area contributed by atoms with E-state index in [-0.39, 0.29) is 24.0 Å². The fourth-order valence-corrected chi connectivity index (χ4v) is 6.26. The first-order valence-electron chi connectivity index (χ1n) is 11.2. The first-order valence-corrected chi connectivity index (χ1v) is 12.9. The van der Waals surface area contributed by atoms with Gasteiger partial charge in [0.25, 0.3) is 0 Å². The maximum Gasteiger partial charge on any atom is 0.407 e. The number of nitrogens with one attached hydrogen (secondary N) is 2. The van der Waals surface area contributed by atoms with E-state index in [4.69, 9.17) is 4.74 Å². The van der Waals surface area contributed by atoms with Gasteiger partial charge in [-0.3, -0.25) is 4.79 Å². The Kier molecular flexibility index (Phi) is 7.81. The van der Waals surface area contributed by atoms with Crippen LogP contribution in [0, 0.1) is 17.2 Å². The van der Waals surface area contributed by atoms with Gasteiger partial charge >= 0.3 is 6.09 Å². The van der Waals surface area contributed by atoms with Gasteiger partial charge in [0.2, 0.25) is 5.91 Å². The Labute approximate surface area is 201 Å². The molecule has 0 radical (unpaired) electrons. The van der Waals surface area contributed by atoms with Crippen molar-refractivity contribution in [3.8, 4) is 6.07 Å². The largest absolute Gasteiger partial charge is 0.449 e. The first kappa shape index (κ1) is 23.5. The van der Waals surface area contributed by atoms with E-state index in [9.17, 15) is 20.0 Å². The van der Waals surface area contributed by atoms with Gasteiger partial charge in [0, 0.05) is 21.9 Å². The number of carbonyl (C=O) groups excluding carboxylic acids is 2. The van der Waals surface area contributed by atoms with Crippen LogP contribution in [0.2, 0.25) is 0 Å². The smallest absolute Gasteiger partial charge is 0.407 e. The lowest BCUT2D eigenvalue weighted by atomic mass is 9.88. The van der Waals surface area contributed by atoms with Crippen molar-refractivity contribution in [1.29, 1.82) is 5.26 Å². The van der Waals surface area contributed by atoms with Crippen molar-refractivity contribution in [2.45, 2.75) is 57.1 Å². The van der Waals surface area contributed by atoms with E-state index in [0.29, 0.717) is 30.0 Å². The van der Waals surface area contributed by atoms with Crippen molar-refractivity contribution >= 4 is 45.8 Å². The van der Waals surface area contributed by atoms with Crippen LogP contribution >= 0.6 is 22.7 Å². The molecule has 0 bridgehead atoms. The molecule has 2 aliphatic rings. The second-order valence-corrected chi connectivity index (χ2v) is 10.6. The molecule has 0 aromatic carbocycles. The maximum atomic E-state index is 12.3. The zero-order valence-corrected chi connectivity index (χ0v) is 19.8. The number of ether oxygens (including phenoxy) is 1. The van der Waals surface area contributed by atoms with Crippen LogP contribution in [-0.4, -0.2) is 35.9 Å². The monoisotopic (exact) mass is 485 g/mol. The van der Waals surface area contributed by atoms with Crippen LogP contribution in [0.5, 0.6) is 0 Å². The number of fused-ring (bicyclic) bond motifs is 1. The zero-order chi connectivity index (χ0) is 23.2. The number of anilines is 1. The summed E-state index contributed by atoms with van der Waals surface area (Å²) in [6.45, 7) is 0.325. The number of aliphatic hydroxyl groups excluding tert-OH is 1. The van der Waals surface area contributed by atoms with Crippen LogP contribution in [0.15, 0.2) is 23.6 Å². The average molecular weight is 486 g/mol. The standard InChI is InChI=1S/C24H27N3O4S2/c25-13-20-19-9-3-15(14-31-24(30)26-16-4-6-17(28)7-5-16)12-21(19)33-23(20)27-22(29)10-8-18-2-1-11-32-18/h1-2,8,10-11,15-17,28H,3-7,9,12,14H2,(H,26,30)(H,27,29)/b10-8+. The lowest BCUT2D eigenvalue weighted by Gasteiger charge is -2.26. The van der Waals surface area contributed by atoms with Gasteiger partial charge in [-0.05, 0) is 73.9 Å². The second-order valence-electron chi connectivity index (χ2n) is 8.51. The van der Waals surface area contributed by atoms with Gasteiger partial charge in [0.1, 0.15) is 11.1 Å². The number of carbonyl (C=O) groups is 2. The molecule has 7 nitrogen and oxygen atoms in total. The van der Waals surface area contributed by atoms with Crippen molar-refractivity contribution in [2.24, 2.45) is 5.92 Å². The number of aliphatic hydroxyl groups is 1. The summed E-state index contributed by atoms with van der Waals surface area (Å²) in [5.74, 6) is -0.0748. The van der Waals surface area contributed by atoms with Crippen molar-refractivity contribution in [3.63, 3.8) is 0 Å². The SMILES string of the molecule is N#Cc1c(NC(=O)/C=C/c2cccs2)sc2c1CCC(COC(=O)NC1CCC(O)CC1)C2. The minimum atomic E-state index is -0.406. The number of hydrogen-bond acceptors (Lipinski definition) is 7. The number of thiophene rings is 2. The molecule has 174 valence electrons. The Morgan fingerprint density at radius 1 is 1.27 bits per heavy atom. The number of rotatable bonds is 6. The van der Waals surface area contributed by atoms with Crippen molar-refractivity contribution in [3.05, 3.63) is 44.5 Å². The molecular formula is C24H27N3O4S2. The summed E-state index contributed by atoms with van der Waals surface area (Å²) in [6.07, 6.45) is 7.80. The fourth-order valence-electron chi connectivity index (χ4n) is 4.32. The lowest BCUT2D eigenvalue weighted by Crippen LogP contribution is -2.39. The number of nitrogens with zero attached hydrogens (tertiary/aromatic N) is 1. The van der Waals surface area contributed by atoms with E-state index in [1.54, 1.807) is 17.4 Å². The molecule has 0 spiro atoms. The quantitative estimate of drug-likeness (QED) is 0.523. The summed E-state index contributed by atoms with van der Waals surface area (Å²) >= 11 is 2.99. The third-order valence-corrected chi connectivity index (χ3v) is 8.13. The summed E-state index contributed by atoms with van der Waals surface area (Å²) < 4.78 is 5.47. The lowest BCUT2D eigenvalue weighted by molar-refractivity contribution is -0.111. The molecule has 2 aromatic rings. The van der Waals surface area contributed by atoms with Gasteiger partial charge in [0.15, 0.2) is 0 Å². The van der Waals surface area contributed by atoms with Gasteiger partial charge in [-0.25, -0.2) is 4.79 Å². The Balaban J connectivity index is 1.30. The summed E-state index contributed by atoms with van der Waals surface area (Å²) in [5, 5.41) is 27.5. The van der Waals surface area contributed by atoms with Crippen molar-refractivity contribution in [2.75, 3.05) is 11.9 Å². The molecule has 0 aliphatic heterocycles. The van der Waals surface area contributed by atoms with Crippen molar-refractivity contribution < 1.29 is 19.4 Å². The molecule has 2 amide bonds. The highest BCUT2D eigenvalue weighted by molar-refractivity contribution is 7.16. The highest BCUT2D eigenvalue weighted by Gasteiger charge is 2.28. The Morgan fingerprint density at radius 2 is 2.09 bits per heavy atom. The molecule has 4 rings (SSSR count). The molecule has 1 atom stereocenters. The molecule has 1 fully saturated rings. The Morgan fingerprint density at radius 3 is 2.82 bits per heavy atom. The van der Waals surface area contributed by atoms with E-state index >= 15 is 0 Å². The van der Waals surface area contributed by atoms with Crippen LogP contribution in [0.3, 0.4) is 0 Å². The maximum absolute atomic E-state index is 12.3. The van der Waals surface area contributed by atoms with Gasteiger partial charge in [0.05, 0.1) is 18.3 Å². The number of nitriles is 1. The number of amides is 2. The molecule has 1 unspecified atom stereocenters. The van der Waals surface area contributed by atoms with E-state index in [1.807, 2.05) is 17.5 Å². The predicted octanol–water partition coefficient (Wildman–Crippen LogP) is 4.47. The third-order valence-electron chi connectivity index (χ3n) is 6.13. The van der Waals surface area contributed by atoms with E-state index in [0.717, 1.165) is 47.4 Å². The predicted molar refractivity (Wildman–Crippen MR) is 129 cm³/mol. The van der Waals surface area contributed by atoms with Gasteiger partial charge in [-0.1, -0.05) is 6.07 Å². The highest BCUT2D eigenvalue weighted by Crippen LogP contribution is 2.39. The van der Waals surface area contributed by atoms with Crippen LogP contribution in [0.25, 0.3) is 6.08 Å². The first-order chi connectivity index (χ1) is 16.0. The van der Waals surface area contributed by atoms with Crippen LogP contribution in [0.4, 0.5) is 9.80 Å². The summed E-state index contributed by atoms with van der Waals surface area (Å²) in [4.78, 5) is 26.6. The molecule has 0 saturated heterocycles. The molecule has 2 aromatic heterocycles. The summed E-state index contributed by atoms with van der Waals surface area (Å²) in [6, 6.07) is 6.17. The average Bonchev–Trinajstić information content (AvgIpc) is 3.44. The molecular weight excluding hydrogens is 458 g/mol. The van der Waals surface area contributed by atoms with E-state index < -0.39 is 6.09 Å². The van der Waals surface area contributed by atoms with Gasteiger partial charge in [-0.15, -0.1) is 22.7 Å². The molecule has 33 heavy (non-hydrogen) atoms. The van der Waals surface area contributed by atoms with Gasteiger partial charge in [-0.2, -0.15) is 5.26 Å². The van der Waals surface area contributed by atoms with Crippen LogP contribution in [0.1, 0.15) is 53.0 Å². The summed E-state index contributed by atoms with van der Waals surface area (Å²) in [7, 11) is 0. The fraction of sp³-hybridized carbons (Fsp3) is 0.458.